The predicted molar refractivity (Wildman–Crippen MR) is 81.8 cm³/mol. The molecule has 2 aliphatic rings. The molecule has 0 aliphatic carbocycles. The first kappa shape index (κ1) is 13.4. The molecule has 3 N–H and O–H groups in total. The Morgan fingerprint density at radius 2 is 2.15 bits per heavy atom. The van der Waals surface area contributed by atoms with Gasteiger partial charge < -0.3 is 15.5 Å². The summed E-state index contributed by atoms with van der Waals surface area (Å²) >= 11 is 0. The molecule has 1 aromatic rings. The number of nitrogens with zero attached hydrogens (tertiary/aromatic N) is 2. The predicted octanol–water partition coefficient (Wildman–Crippen LogP) is 1.57. The lowest BCUT2D eigenvalue weighted by atomic mass is 9.98. The minimum atomic E-state index is 0.565. The van der Waals surface area contributed by atoms with Crippen molar-refractivity contribution in [2.24, 2.45) is 11.7 Å². The number of aryl methyl sites for hydroxylation is 1. The van der Waals surface area contributed by atoms with Gasteiger partial charge in [0.25, 0.3) is 0 Å². The molecule has 0 bridgehead atoms. The minimum absolute atomic E-state index is 0.565. The summed E-state index contributed by atoms with van der Waals surface area (Å²) in [6.45, 7) is 6.65. The Balaban J connectivity index is 1.68. The molecule has 1 fully saturated rings. The summed E-state index contributed by atoms with van der Waals surface area (Å²) in [5, 5.41) is 8.44. The summed E-state index contributed by atoms with van der Waals surface area (Å²) < 4.78 is 0. The second kappa shape index (κ2) is 5.44. The number of benzene rings is 1. The summed E-state index contributed by atoms with van der Waals surface area (Å²) in [6, 6.07) is 6.68. The third-order valence-corrected chi connectivity index (χ3v) is 4.59. The molecule has 4 heteroatoms. The zero-order valence-corrected chi connectivity index (χ0v) is 12.2. The van der Waals surface area contributed by atoms with Gasteiger partial charge in [0.1, 0.15) is 0 Å². The maximum absolute atomic E-state index is 8.44. The Morgan fingerprint density at radius 1 is 1.30 bits per heavy atom. The Bertz CT molecular complexity index is 511. The number of nitrogens with two attached hydrogens (primary N) is 1. The lowest BCUT2D eigenvalue weighted by molar-refractivity contribution is 0.320. The van der Waals surface area contributed by atoms with E-state index in [4.69, 9.17) is 11.1 Å². The average Bonchev–Trinajstić information content (AvgIpc) is 2.95. The molecule has 0 aromatic heterocycles. The van der Waals surface area contributed by atoms with Crippen LogP contribution in [0.4, 0.5) is 0 Å². The molecule has 20 heavy (non-hydrogen) atoms. The van der Waals surface area contributed by atoms with E-state index < -0.39 is 0 Å². The van der Waals surface area contributed by atoms with E-state index in [2.05, 4.69) is 34.9 Å². The average molecular weight is 272 g/mol. The maximum Gasteiger partial charge on any atom is 0.194 e. The van der Waals surface area contributed by atoms with Gasteiger partial charge >= 0.3 is 0 Å². The van der Waals surface area contributed by atoms with Gasteiger partial charge in [-0.3, -0.25) is 5.41 Å². The number of fused-ring (bicyclic) bond motifs is 1. The molecule has 3 rings (SSSR count). The Labute approximate surface area is 121 Å². The van der Waals surface area contributed by atoms with Gasteiger partial charge in [0.05, 0.1) is 0 Å². The fourth-order valence-electron chi connectivity index (χ4n) is 3.28. The Hall–Kier alpha value is -1.55. The molecule has 1 atom stereocenters. The highest BCUT2D eigenvalue weighted by molar-refractivity contribution is 5.77. The van der Waals surface area contributed by atoms with Crippen molar-refractivity contribution in [1.82, 2.24) is 9.80 Å². The molecule has 2 heterocycles. The standard InChI is InChI=1S/C16H24N4/c1-12-2-3-15-11-20(7-5-14(15)8-12)16(18)19-6-4-13(9-17)10-19/h2-3,8,13,18H,4-7,9-11,17H2,1H3. The summed E-state index contributed by atoms with van der Waals surface area (Å²) in [5.74, 6) is 1.25. The fourth-order valence-corrected chi connectivity index (χ4v) is 3.28. The highest BCUT2D eigenvalue weighted by atomic mass is 15.4. The van der Waals surface area contributed by atoms with Crippen molar-refractivity contribution >= 4 is 5.96 Å². The number of hydrogen-bond acceptors (Lipinski definition) is 2. The summed E-state index contributed by atoms with van der Waals surface area (Å²) in [4.78, 5) is 4.40. The van der Waals surface area contributed by atoms with E-state index in [1.54, 1.807) is 0 Å². The highest BCUT2D eigenvalue weighted by Gasteiger charge is 2.27. The van der Waals surface area contributed by atoms with Crippen molar-refractivity contribution in [1.29, 1.82) is 5.41 Å². The Kier molecular flexibility index (Phi) is 3.66. The molecule has 1 saturated heterocycles. The van der Waals surface area contributed by atoms with Crippen LogP contribution >= 0.6 is 0 Å². The lowest BCUT2D eigenvalue weighted by Crippen LogP contribution is -2.45. The third kappa shape index (κ3) is 2.52. The van der Waals surface area contributed by atoms with Gasteiger partial charge in [-0.1, -0.05) is 23.8 Å². The topological polar surface area (TPSA) is 56.4 Å². The van der Waals surface area contributed by atoms with E-state index in [1.165, 1.54) is 16.7 Å². The lowest BCUT2D eigenvalue weighted by Gasteiger charge is -2.35. The molecule has 0 radical (unpaired) electrons. The monoisotopic (exact) mass is 272 g/mol. The second-order valence-electron chi connectivity index (χ2n) is 6.10. The Morgan fingerprint density at radius 3 is 2.90 bits per heavy atom. The van der Waals surface area contributed by atoms with Gasteiger partial charge in [-0.2, -0.15) is 0 Å². The van der Waals surface area contributed by atoms with Crippen molar-refractivity contribution in [2.75, 3.05) is 26.2 Å². The molecule has 108 valence electrons. The number of rotatable bonds is 1. The van der Waals surface area contributed by atoms with Gasteiger partial charge in [0.2, 0.25) is 0 Å². The molecule has 1 unspecified atom stereocenters. The molecular formula is C16H24N4. The third-order valence-electron chi connectivity index (χ3n) is 4.59. The summed E-state index contributed by atoms with van der Waals surface area (Å²) in [5.41, 5.74) is 9.90. The van der Waals surface area contributed by atoms with Gasteiger partial charge in [0, 0.05) is 26.2 Å². The van der Waals surface area contributed by atoms with Gasteiger partial charge in [-0.05, 0) is 43.4 Å². The van der Waals surface area contributed by atoms with E-state index >= 15 is 0 Å². The zero-order chi connectivity index (χ0) is 14.1. The van der Waals surface area contributed by atoms with Crippen LogP contribution in [0.3, 0.4) is 0 Å². The number of hydrogen-bond donors (Lipinski definition) is 2. The molecule has 2 aliphatic heterocycles. The van der Waals surface area contributed by atoms with E-state index in [9.17, 15) is 0 Å². The first-order valence-corrected chi connectivity index (χ1v) is 7.54. The quantitative estimate of drug-likeness (QED) is 0.603. The van der Waals surface area contributed by atoms with Crippen molar-refractivity contribution in [3.05, 3.63) is 34.9 Å². The first-order chi connectivity index (χ1) is 9.67. The normalized spacial score (nSPS) is 22.0. The van der Waals surface area contributed by atoms with Crippen molar-refractivity contribution in [2.45, 2.75) is 26.3 Å². The minimum Gasteiger partial charge on any atom is -0.343 e. The van der Waals surface area contributed by atoms with Crippen molar-refractivity contribution in [3.63, 3.8) is 0 Å². The fraction of sp³-hybridized carbons (Fsp3) is 0.562. The van der Waals surface area contributed by atoms with Crippen LogP contribution in [0, 0.1) is 18.3 Å². The van der Waals surface area contributed by atoms with Crippen LogP contribution in [0.1, 0.15) is 23.1 Å². The van der Waals surface area contributed by atoms with Crippen LogP contribution in [0.5, 0.6) is 0 Å². The molecule has 1 aromatic carbocycles. The van der Waals surface area contributed by atoms with Gasteiger partial charge in [0.15, 0.2) is 5.96 Å². The second-order valence-corrected chi connectivity index (χ2v) is 6.10. The van der Waals surface area contributed by atoms with E-state index in [0.717, 1.165) is 45.6 Å². The summed E-state index contributed by atoms with van der Waals surface area (Å²) in [6.07, 6.45) is 2.18. The zero-order valence-electron chi connectivity index (χ0n) is 12.2. The first-order valence-electron chi connectivity index (χ1n) is 7.54. The van der Waals surface area contributed by atoms with Gasteiger partial charge in [-0.15, -0.1) is 0 Å². The van der Waals surface area contributed by atoms with Crippen LogP contribution in [-0.4, -0.2) is 41.9 Å². The van der Waals surface area contributed by atoms with Crippen LogP contribution < -0.4 is 5.73 Å². The molecule has 0 saturated carbocycles. The van der Waals surface area contributed by atoms with E-state index in [0.29, 0.717) is 11.9 Å². The van der Waals surface area contributed by atoms with E-state index in [1.807, 2.05) is 0 Å². The van der Waals surface area contributed by atoms with Crippen LogP contribution in [0.25, 0.3) is 0 Å². The molecule has 0 amide bonds. The number of guanidine groups is 1. The molecular weight excluding hydrogens is 248 g/mol. The van der Waals surface area contributed by atoms with Gasteiger partial charge in [-0.25, -0.2) is 0 Å². The SMILES string of the molecule is Cc1ccc2c(c1)CCN(C(=N)N1CCC(CN)C1)C2. The largest absolute Gasteiger partial charge is 0.343 e. The van der Waals surface area contributed by atoms with Crippen molar-refractivity contribution in [3.8, 4) is 0 Å². The smallest absolute Gasteiger partial charge is 0.194 e. The number of likely N-dealkylation sites (tertiary alicyclic amines) is 1. The number of nitrogens with one attached hydrogen (secondary N) is 1. The van der Waals surface area contributed by atoms with Crippen LogP contribution in [0.15, 0.2) is 18.2 Å². The van der Waals surface area contributed by atoms with Crippen molar-refractivity contribution < 1.29 is 0 Å². The van der Waals surface area contributed by atoms with Crippen LogP contribution in [-0.2, 0) is 13.0 Å². The van der Waals surface area contributed by atoms with Crippen LogP contribution in [0.2, 0.25) is 0 Å². The molecule has 0 spiro atoms. The molecule has 4 nitrogen and oxygen atoms in total. The van der Waals surface area contributed by atoms with E-state index in [-0.39, 0.29) is 0 Å². The summed E-state index contributed by atoms with van der Waals surface area (Å²) in [7, 11) is 0. The highest BCUT2D eigenvalue weighted by Crippen LogP contribution is 2.23. The maximum atomic E-state index is 8.44.